The number of carbonyl (C=O) groups excluding carboxylic acids is 2. The lowest BCUT2D eigenvalue weighted by molar-refractivity contribution is -0.140. The Morgan fingerprint density at radius 1 is 1.15 bits per heavy atom. The summed E-state index contributed by atoms with van der Waals surface area (Å²) in [6.07, 6.45) is 1.37. The average molecular weight is 510 g/mol. The Morgan fingerprint density at radius 3 is 2.41 bits per heavy atom. The van der Waals surface area contributed by atoms with Crippen molar-refractivity contribution in [1.29, 1.82) is 0 Å². The van der Waals surface area contributed by atoms with Gasteiger partial charge < -0.3 is 15.0 Å². The predicted octanol–water partition coefficient (Wildman–Crippen LogP) is 3.37. The first-order valence-corrected chi connectivity index (χ1v) is 13.2. The summed E-state index contributed by atoms with van der Waals surface area (Å²) in [4.78, 5) is 27.8. The number of nitrogens with zero attached hydrogens (tertiary/aromatic N) is 2. The molecule has 2 aromatic rings. The molecular weight excluding hydrogens is 478 g/mol. The minimum atomic E-state index is -3.89. The average Bonchev–Trinajstić information content (AvgIpc) is 2.76. The van der Waals surface area contributed by atoms with Crippen LogP contribution in [0.25, 0.3) is 0 Å². The van der Waals surface area contributed by atoms with Gasteiger partial charge in [0.15, 0.2) is 0 Å². The molecule has 0 heterocycles. The van der Waals surface area contributed by atoms with Crippen LogP contribution < -0.4 is 14.4 Å². The molecule has 2 amide bonds. The first-order valence-electron chi connectivity index (χ1n) is 11.0. The molecule has 0 aliphatic carbocycles. The maximum absolute atomic E-state index is 13.6. The second kappa shape index (κ2) is 12.1. The van der Waals surface area contributed by atoms with E-state index in [9.17, 15) is 18.0 Å². The number of sulfonamides is 1. The van der Waals surface area contributed by atoms with Crippen molar-refractivity contribution in [3.8, 4) is 5.75 Å². The fraction of sp³-hybridized carbons (Fsp3) is 0.417. The van der Waals surface area contributed by atoms with Gasteiger partial charge >= 0.3 is 0 Å². The summed E-state index contributed by atoms with van der Waals surface area (Å²) in [5.74, 6) is -0.562. The topological polar surface area (TPSA) is 96.0 Å². The number of amides is 2. The van der Waals surface area contributed by atoms with E-state index >= 15 is 0 Å². The minimum Gasteiger partial charge on any atom is -0.495 e. The van der Waals surface area contributed by atoms with Crippen molar-refractivity contribution in [1.82, 2.24) is 10.2 Å². The van der Waals surface area contributed by atoms with Gasteiger partial charge in [-0.1, -0.05) is 48.4 Å². The van der Waals surface area contributed by atoms with Crippen LogP contribution in [0.1, 0.15) is 31.4 Å². The van der Waals surface area contributed by atoms with E-state index in [4.69, 9.17) is 16.3 Å². The number of hydrogen-bond acceptors (Lipinski definition) is 5. The van der Waals surface area contributed by atoms with E-state index in [2.05, 4.69) is 5.32 Å². The lowest BCUT2D eigenvalue weighted by Gasteiger charge is -2.33. The molecule has 0 saturated carbocycles. The summed E-state index contributed by atoms with van der Waals surface area (Å²) in [7, 11) is -2.49. The molecular formula is C24H32ClN3O5S. The Hall–Kier alpha value is -2.78. The van der Waals surface area contributed by atoms with Gasteiger partial charge in [0.25, 0.3) is 0 Å². The zero-order chi connectivity index (χ0) is 25.5. The fourth-order valence-corrected chi connectivity index (χ4v) is 4.68. The Labute approximate surface area is 206 Å². The van der Waals surface area contributed by atoms with Gasteiger partial charge in [-0.15, -0.1) is 0 Å². The molecule has 0 aliphatic heterocycles. The molecule has 2 rings (SSSR count). The van der Waals surface area contributed by atoms with Crippen molar-refractivity contribution in [2.75, 3.05) is 30.8 Å². The minimum absolute atomic E-state index is 0.146. The Balaban J connectivity index is 2.51. The third-order valence-corrected chi connectivity index (χ3v) is 6.62. The maximum Gasteiger partial charge on any atom is 0.244 e. The number of aryl methyl sites for hydroxylation is 1. The number of carbonyl (C=O) groups is 2. The van der Waals surface area contributed by atoms with Gasteiger partial charge in [0.2, 0.25) is 21.8 Å². The lowest BCUT2D eigenvalue weighted by atomic mass is 10.1. The van der Waals surface area contributed by atoms with Crippen LogP contribution in [0.2, 0.25) is 5.02 Å². The molecule has 0 bridgehead atoms. The lowest BCUT2D eigenvalue weighted by Crippen LogP contribution is -2.52. The number of ether oxygens (including phenoxy) is 1. The number of anilines is 1. The van der Waals surface area contributed by atoms with Crippen LogP contribution in [0.15, 0.2) is 42.5 Å². The largest absolute Gasteiger partial charge is 0.495 e. The third kappa shape index (κ3) is 7.11. The van der Waals surface area contributed by atoms with E-state index in [1.165, 1.54) is 24.1 Å². The maximum atomic E-state index is 13.6. The van der Waals surface area contributed by atoms with Gasteiger partial charge in [-0.2, -0.15) is 0 Å². The number of halogens is 1. The second-order valence-electron chi connectivity index (χ2n) is 7.92. The highest BCUT2D eigenvalue weighted by molar-refractivity contribution is 7.92. The number of likely N-dealkylation sites (N-methyl/N-ethyl adjacent to an activating group) is 1. The Morgan fingerprint density at radius 2 is 1.85 bits per heavy atom. The quantitative estimate of drug-likeness (QED) is 0.501. The monoisotopic (exact) mass is 509 g/mol. The molecule has 0 aromatic heterocycles. The number of nitrogens with one attached hydrogen (secondary N) is 1. The Kier molecular flexibility index (Phi) is 9.76. The van der Waals surface area contributed by atoms with Crippen LogP contribution in [-0.2, 0) is 26.2 Å². The smallest absolute Gasteiger partial charge is 0.244 e. The van der Waals surface area contributed by atoms with Crippen molar-refractivity contribution in [2.45, 2.75) is 39.8 Å². The molecule has 1 atom stereocenters. The highest BCUT2D eigenvalue weighted by Gasteiger charge is 2.32. The van der Waals surface area contributed by atoms with E-state index in [-0.39, 0.29) is 23.9 Å². The molecule has 1 unspecified atom stereocenters. The van der Waals surface area contributed by atoms with Crippen LogP contribution in [0, 0.1) is 6.92 Å². The number of methoxy groups -OCH3 is 1. The zero-order valence-corrected chi connectivity index (χ0v) is 21.7. The molecule has 0 saturated heterocycles. The third-order valence-electron chi connectivity index (χ3n) is 5.26. The first kappa shape index (κ1) is 27.5. The van der Waals surface area contributed by atoms with Gasteiger partial charge in [0.1, 0.15) is 18.3 Å². The summed E-state index contributed by atoms with van der Waals surface area (Å²) in [5, 5.41) is 3.06. The van der Waals surface area contributed by atoms with Crippen LogP contribution in [0.4, 0.5) is 5.69 Å². The Bertz CT molecular complexity index is 1120. The molecule has 0 aliphatic rings. The van der Waals surface area contributed by atoms with E-state index < -0.39 is 28.5 Å². The summed E-state index contributed by atoms with van der Waals surface area (Å²) >= 11 is 6.11. The van der Waals surface area contributed by atoms with Gasteiger partial charge in [0.05, 0.1) is 19.1 Å². The standard InChI is InChI=1S/C24H32ClN3O5S/c1-6-20(24(30)26-7-2)27(15-18-10-8-9-17(3)13-18)23(29)16-28(34(5,31)32)21-14-19(25)11-12-22(21)33-4/h8-14,20H,6-7,15-16H2,1-5H3,(H,26,30). The highest BCUT2D eigenvalue weighted by atomic mass is 35.5. The molecule has 0 spiro atoms. The molecule has 1 N–H and O–H groups in total. The summed E-state index contributed by atoms with van der Waals surface area (Å²) in [6.45, 7) is 5.60. The molecule has 10 heteroatoms. The van der Waals surface area contributed by atoms with Crippen LogP contribution in [-0.4, -0.2) is 57.6 Å². The summed E-state index contributed by atoms with van der Waals surface area (Å²) < 4.78 is 31.7. The second-order valence-corrected chi connectivity index (χ2v) is 10.3. The fourth-order valence-electron chi connectivity index (χ4n) is 3.67. The van der Waals surface area contributed by atoms with Crippen molar-refractivity contribution in [2.24, 2.45) is 0 Å². The van der Waals surface area contributed by atoms with Crippen LogP contribution in [0.5, 0.6) is 5.75 Å². The number of rotatable bonds is 11. The van der Waals surface area contributed by atoms with E-state index in [1.54, 1.807) is 13.0 Å². The predicted molar refractivity (Wildman–Crippen MR) is 135 cm³/mol. The first-order chi connectivity index (χ1) is 16.0. The summed E-state index contributed by atoms with van der Waals surface area (Å²) in [5.41, 5.74) is 1.99. The zero-order valence-electron chi connectivity index (χ0n) is 20.2. The van der Waals surface area contributed by atoms with Crippen molar-refractivity contribution >= 4 is 39.1 Å². The van der Waals surface area contributed by atoms with E-state index in [1.807, 2.05) is 38.1 Å². The molecule has 0 radical (unpaired) electrons. The summed E-state index contributed by atoms with van der Waals surface area (Å²) in [6, 6.07) is 11.4. The van der Waals surface area contributed by atoms with Gasteiger partial charge in [0, 0.05) is 18.1 Å². The number of hydrogen-bond donors (Lipinski definition) is 1. The van der Waals surface area contributed by atoms with Crippen LogP contribution in [0.3, 0.4) is 0 Å². The van der Waals surface area contributed by atoms with Crippen LogP contribution >= 0.6 is 11.6 Å². The van der Waals surface area contributed by atoms with Gasteiger partial charge in [-0.25, -0.2) is 8.42 Å². The van der Waals surface area contributed by atoms with E-state index in [0.29, 0.717) is 18.0 Å². The van der Waals surface area contributed by atoms with Crippen molar-refractivity contribution in [3.63, 3.8) is 0 Å². The van der Waals surface area contributed by atoms with Gasteiger partial charge in [-0.05, 0) is 44.0 Å². The molecule has 186 valence electrons. The highest BCUT2D eigenvalue weighted by Crippen LogP contribution is 2.33. The van der Waals surface area contributed by atoms with Gasteiger partial charge in [-0.3, -0.25) is 13.9 Å². The molecule has 8 nitrogen and oxygen atoms in total. The molecule has 34 heavy (non-hydrogen) atoms. The van der Waals surface area contributed by atoms with Crippen molar-refractivity contribution < 1.29 is 22.7 Å². The molecule has 0 fully saturated rings. The number of benzene rings is 2. The normalized spacial score (nSPS) is 12.1. The molecule has 2 aromatic carbocycles. The SMILES string of the molecule is CCNC(=O)C(CC)N(Cc1cccc(C)c1)C(=O)CN(c1cc(Cl)ccc1OC)S(C)(=O)=O. The van der Waals surface area contributed by atoms with Crippen molar-refractivity contribution in [3.05, 3.63) is 58.6 Å². The van der Waals surface area contributed by atoms with E-state index in [0.717, 1.165) is 21.7 Å².